The van der Waals surface area contributed by atoms with E-state index in [-0.39, 0.29) is 5.57 Å². The third-order valence-electron chi connectivity index (χ3n) is 2.16. The maximum atomic E-state index is 10.6. The molecule has 100 valence electrons. The van der Waals surface area contributed by atoms with Crippen LogP contribution in [-0.4, -0.2) is 22.2 Å². The van der Waals surface area contributed by atoms with Crippen molar-refractivity contribution >= 4 is 18.0 Å². The predicted molar refractivity (Wildman–Crippen MR) is 74.8 cm³/mol. The van der Waals surface area contributed by atoms with Gasteiger partial charge in [-0.1, -0.05) is 50.1 Å². The maximum Gasteiger partial charge on any atom is 0.331 e. The van der Waals surface area contributed by atoms with Gasteiger partial charge in [0.2, 0.25) is 0 Å². The lowest BCUT2D eigenvalue weighted by Gasteiger charge is -2.04. The lowest BCUT2D eigenvalue weighted by molar-refractivity contribution is -0.133. The molecule has 0 saturated carbocycles. The minimum Gasteiger partial charge on any atom is -0.478 e. The largest absolute Gasteiger partial charge is 0.478 e. The quantitative estimate of drug-likeness (QED) is 0.798. The average molecular weight is 260 g/mol. The Kier molecular flexibility index (Phi) is 7.30. The lowest BCUT2D eigenvalue weighted by atomic mass is 10.0. The summed E-state index contributed by atoms with van der Waals surface area (Å²) in [5.41, 5.74) is 2.09. The van der Waals surface area contributed by atoms with Crippen LogP contribution in [0, 0.1) is 0 Å². The normalized spacial score (nSPS) is 8.63. The van der Waals surface area contributed by atoms with Gasteiger partial charge in [0.25, 0.3) is 0 Å². The van der Waals surface area contributed by atoms with Crippen LogP contribution in [0.4, 0.5) is 0 Å². The molecule has 1 rings (SSSR count). The zero-order valence-corrected chi connectivity index (χ0v) is 10.5. The first kappa shape index (κ1) is 16.4. The van der Waals surface area contributed by atoms with Crippen LogP contribution >= 0.6 is 0 Å². The van der Waals surface area contributed by atoms with Crippen LogP contribution in [0.15, 0.2) is 55.7 Å². The van der Waals surface area contributed by atoms with E-state index in [0.29, 0.717) is 6.42 Å². The van der Waals surface area contributed by atoms with Crippen LogP contribution in [0.1, 0.15) is 11.1 Å². The second-order valence-electron chi connectivity index (χ2n) is 3.53. The van der Waals surface area contributed by atoms with Gasteiger partial charge in [-0.25, -0.2) is 9.59 Å². The van der Waals surface area contributed by atoms with Crippen molar-refractivity contribution < 1.29 is 19.8 Å². The summed E-state index contributed by atoms with van der Waals surface area (Å²) in [4.78, 5) is 19.8. The zero-order valence-electron chi connectivity index (χ0n) is 10.5. The van der Waals surface area contributed by atoms with Gasteiger partial charge in [-0.15, -0.1) is 0 Å². The van der Waals surface area contributed by atoms with Crippen molar-refractivity contribution in [3.63, 3.8) is 0 Å². The molecule has 1 aromatic carbocycles. The SMILES string of the molecule is C=CC(=O)O.C=Cc1ccccc1CC(=C)C(=O)O. The van der Waals surface area contributed by atoms with E-state index in [0.717, 1.165) is 17.2 Å². The molecule has 0 aromatic heterocycles. The topological polar surface area (TPSA) is 74.6 Å². The van der Waals surface area contributed by atoms with Crippen molar-refractivity contribution in [2.24, 2.45) is 0 Å². The molecule has 0 radical (unpaired) electrons. The highest BCUT2D eigenvalue weighted by Crippen LogP contribution is 2.13. The highest BCUT2D eigenvalue weighted by molar-refractivity contribution is 5.86. The minimum atomic E-state index is -0.981. The van der Waals surface area contributed by atoms with Gasteiger partial charge in [0, 0.05) is 18.1 Å². The number of aliphatic carboxylic acids is 2. The molecule has 4 heteroatoms. The number of carbonyl (C=O) groups is 2. The van der Waals surface area contributed by atoms with Crippen molar-refractivity contribution in [3.05, 3.63) is 66.8 Å². The van der Waals surface area contributed by atoms with Crippen LogP contribution in [0.5, 0.6) is 0 Å². The van der Waals surface area contributed by atoms with Gasteiger partial charge in [-0.05, 0) is 11.1 Å². The Morgan fingerprint density at radius 1 is 1.16 bits per heavy atom. The Hall–Kier alpha value is -2.62. The molecule has 1 aromatic rings. The first-order valence-corrected chi connectivity index (χ1v) is 5.39. The molecule has 0 aliphatic rings. The third kappa shape index (κ3) is 6.63. The van der Waals surface area contributed by atoms with E-state index in [4.69, 9.17) is 10.2 Å². The number of rotatable bonds is 5. The van der Waals surface area contributed by atoms with Crippen LogP contribution < -0.4 is 0 Å². The molecule has 0 bridgehead atoms. The fraction of sp³-hybridized carbons (Fsp3) is 0.0667. The molecule has 2 N–H and O–H groups in total. The summed E-state index contributed by atoms with van der Waals surface area (Å²) in [6, 6.07) is 7.55. The highest BCUT2D eigenvalue weighted by Gasteiger charge is 2.06. The monoisotopic (exact) mass is 260 g/mol. The summed E-state index contributed by atoms with van der Waals surface area (Å²) >= 11 is 0. The van der Waals surface area contributed by atoms with Gasteiger partial charge >= 0.3 is 11.9 Å². The van der Waals surface area contributed by atoms with Gasteiger partial charge in [-0.2, -0.15) is 0 Å². The smallest absolute Gasteiger partial charge is 0.331 e. The highest BCUT2D eigenvalue weighted by atomic mass is 16.4. The number of carboxylic acid groups (broad SMARTS) is 2. The first-order valence-electron chi connectivity index (χ1n) is 5.39. The molecule has 4 nitrogen and oxygen atoms in total. The zero-order chi connectivity index (χ0) is 14.8. The van der Waals surface area contributed by atoms with E-state index in [9.17, 15) is 9.59 Å². The van der Waals surface area contributed by atoms with E-state index in [1.807, 2.05) is 24.3 Å². The summed E-state index contributed by atoms with van der Waals surface area (Å²) < 4.78 is 0. The molecular formula is C15H16O4. The summed E-state index contributed by atoms with van der Waals surface area (Å²) in [6.45, 7) is 10.1. The van der Waals surface area contributed by atoms with Gasteiger partial charge in [0.15, 0.2) is 0 Å². The molecule has 0 atom stereocenters. The van der Waals surface area contributed by atoms with Crippen LogP contribution in [0.25, 0.3) is 6.08 Å². The Morgan fingerprint density at radius 3 is 2.11 bits per heavy atom. The fourth-order valence-electron chi connectivity index (χ4n) is 1.20. The van der Waals surface area contributed by atoms with Crippen molar-refractivity contribution in [1.29, 1.82) is 0 Å². The molecule has 0 unspecified atom stereocenters. The van der Waals surface area contributed by atoms with Crippen LogP contribution in [0.2, 0.25) is 0 Å². The number of hydrogen-bond acceptors (Lipinski definition) is 2. The summed E-state index contributed by atoms with van der Waals surface area (Å²) in [6.07, 6.45) is 2.90. The van der Waals surface area contributed by atoms with E-state index in [1.54, 1.807) is 6.08 Å². The molecule has 0 fully saturated rings. The summed E-state index contributed by atoms with van der Waals surface area (Å²) in [5, 5.41) is 16.3. The van der Waals surface area contributed by atoms with Gasteiger partial charge in [-0.3, -0.25) is 0 Å². The molecule has 0 spiro atoms. The molecule has 0 heterocycles. The molecule has 0 aliphatic heterocycles. The van der Waals surface area contributed by atoms with E-state index < -0.39 is 11.9 Å². The Balaban J connectivity index is 0.000000555. The average Bonchev–Trinajstić information content (AvgIpc) is 2.39. The lowest BCUT2D eigenvalue weighted by Crippen LogP contribution is -2.03. The Labute approximate surface area is 112 Å². The van der Waals surface area contributed by atoms with Crippen LogP contribution in [0.3, 0.4) is 0 Å². The van der Waals surface area contributed by atoms with Gasteiger partial charge in [0.05, 0.1) is 0 Å². The molecule has 0 aliphatic carbocycles. The molecule has 0 amide bonds. The fourth-order valence-corrected chi connectivity index (χ4v) is 1.20. The predicted octanol–water partition coefficient (Wildman–Crippen LogP) is 2.77. The molecule has 19 heavy (non-hydrogen) atoms. The minimum absolute atomic E-state index is 0.194. The van der Waals surface area contributed by atoms with E-state index >= 15 is 0 Å². The third-order valence-corrected chi connectivity index (χ3v) is 2.16. The van der Waals surface area contributed by atoms with E-state index in [2.05, 4.69) is 19.7 Å². The van der Waals surface area contributed by atoms with Gasteiger partial charge in [0.1, 0.15) is 0 Å². The molecule has 0 saturated heterocycles. The number of hydrogen-bond donors (Lipinski definition) is 2. The first-order chi connectivity index (χ1) is 8.92. The van der Waals surface area contributed by atoms with Crippen molar-refractivity contribution in [2.75, 3.05) is 0 Å². The Bertz CT molecular complexity index is 501. The van der Waals surface area contributed by atoms with E-state index in [1.165, 1.54) is 0 Å². The maximum absolute atomic E-state index is 10.6. The summed E-state index contributed by atoms with van der Waals surface area (Å²) in [7, 11) is 0. The second-order valence-corrected chi connectivity index (χ2v) is 3.53. The second kappa shape index (κ2) is 8.47. The number of carboxylic acids is 2. The standard InChI is InChI=1S/C12H12O2.C3H4O2/c1-3-10-6-4-5-7-11(10)8-9(2)12(13)14;1-2-3(4)5/h3-7H,1-2,8H2,(H,13,14);2H,1H2,(H,4,5). The summed E-state index contributed by atoms with van der Waals surface area (Å²) in [5.74, 6) is -1.94. The van der Waals surface area contributed by atoms with Crippen molar-refractivity contribution in [3.8, 4) is 0 Å². The van der Waals surface area contributed by atoms with Gasteiger partial charge < -0.3 is 10.2 Å². The van der Waals surface area contributed by atoms with Crippen molar-refractivity contribution in [1.82, 2.24) is 0 Å². The Morgan fingerprint density at radius 2 is 1.68 bits per heavy atom. The van der Waals surface area contributed by atoms with Crippen molar-refractivity contribution in [2.45, 2.75) is 6.42 Å². The van der Waals surface area contributed by atoms with Crippen LogP contribution in [-0.2, 0) is 16.0 Å². The molecular weight excluding hydrogens is 244 g/mol. The number of benzene rings is 1.